The van der Waals surface area contributed by atoms with E-state index in [1.54, 1.807) is 0 Å². The van der Waals surface area contributed by atoms with Gasteiger partial charge in [0.1, 0.15) is 0 Å². The minimum absolute atomic E-state index is 0.205. The van der Waals surface area contributed by atoms with Gasteiger partial charge in [0.05, 0.1) is 0 Å². The minimum Gasteiger partial charge on any atom is -0.325 e. The van der Waals surface area contributed by atoms with Crippen LogP contribution in [-0.4, -0.2) is 5.54 Å². The van der Waals surface area contributed by atoms with Crippen LogP contribution in [0, 0.1) is 5.92 Å². The summed E-state index contributed by atoms with van der Waals surface area (Å²) in [6, 6.07) is 21.7. The largest absolute Gasteiger partial charge is 0.325 e. The molecule has 0 spiro atoms. The molecule has 2 aromatic carbocycles. The molecule has 1 aliphatic carbocycles. The lowest BCUT2D eigenvalue weighted by atomic mass is 9.85. The second kappa shape index (κ2) is 6.83. The van der Waals surface area contributed by atoms with Gasteiger partial charge in [0.2, 0.25) is 0 Å². The first-order chi connectivity index (χ1) is 11.1. The van der Waals surface area contributed by atoms with Crippen LogP contribution in [0.4, 0.5) is 0 Å². The van der Waals surface area contributed by atoms with Crippen LogP contribution in [0.3, 0.4) is 0 Å². The predicted octanol–water partition coefficient (Wildman–Crippen LogP) is 4.32. The van der Waals surface area contributed by atoms with E-state index in [0.717, 1.165) is 6.42 Å². The van der Waals surface area contributed by atoms with Gasteiger partial charge in [0.25, 0.3) is 0 Å². The average Bonchev–Trinajstić information content (AvgIpc) is 3.07. The third-order valence-electron chi connectivity index (χ3n) is 4.65. The Morgan fingerprint density at radius 3 is 1.96 bits per heavy atom. The van der Waals surface area contributed by atoms with Crippen molar-refractivity contribution >= 4 is 18.5 Å². The van der Waals surface area contributed by atoms with Crippen LogP contribution in [-0.2, 0) is 0 Å². The Bertz CT molecular complexity index is 662. The maximum Gasteiger partial charge on any atom is 0.0228 e. The van der Waals surface area contributed by atoms with Gasteiger partial charge < -0.3 is 5.73 Å². The molecule has 0 aromatic heterocycles. The Morgan fingerprint density at radius 1 is 0.957 bits per heavy atom. The van der Waals surface area contributed by atoms with Crippen molar-refractivity contribution in [2.75, 3.05) is 0 Å². The quantitative estimate of drug-likeness (QED) is 0.816. The lowest BCUT2D eigenvalue weighted by Gasteiger charge is -2.35. The monoisotopic (exact) mass is 321 g/mol. The van der Waals surface area contributed by atoms with Gasteiger partial charge in [-0.1, -0.05) is 85.8 Å². The van der Waals surface area contributed by atoms with Crippen molar-refractivity contribution < 1.29 is 0 Å². The second-order valence-corrected chi connectivity index (χ2v) is 8.54. The van der Waals surface area contributed by atoms with Gasteiger partial charge in [-0.15, -0.1) is 0 Å². The van der Waals surface area contributed by atoms with Crippen LogP contribution in [0.25, 0.3) is 0 Å². The zero-order valence-electron chi connectivity index (χ0n) is 13.8. The van der Waals surface area contributed by atoms with Gasteiger partial charge >= 0.3 is 0 Å². The van der Waals surface area contributed by atoms with Crippen LogP contribution >= 0.6 is 7.92 Å². The molecule has 23 heavy (non-hydrogen) atoms. The lowest BCUT2D eigenvalue weighted by Crippen LogP contribution is -2.43. The maximum atomic E-state index is 6.62. The fourth-order valence-corrected chi connectivity index (χ4v) is 5.79. The van der Waals surface area contributed by atoms with Gasteiger partial charge in [-0.3, -0.25) is 0 Å². The smallest absolute Gasteiger partial charge is 0.0228 e. The summed E-state index contributed by atoms with van der Waals surface area (Å²) in [5.41, 5.74) is 6.42. The summed E-state index contributed by atoms with van der Waals surface area (Å²) in [6.45, 7) is 4.35. The van der Waals surface area contributed by atoms with Crippen LogP contribution < -0.4 is 16.3 Å². The van der Waals surface area contributed by atoms with E-state index in [9.17, 15) is 0 Å². The van der Waals surface area contributed by atoms with E-state index in [4.69, 9.17) is 5.73 Å². The third kappa shape index (κ3) is 3.32. The third-order valence-corrected chi connectivity index (χ3v) is 7.22. The van der Waals surface area contributed by atoms with Gasteiger partial charge in [0, 0.05) is 11.5 Å². The first-order valence-corrected chi connectivity index (χ1v) is 9.55. The van der Waals surface area contributed by atoms with Gasteiger partial charge in [-0.2, -0.15) is 0 Å². The highest BCUT2D eigenvalue weighted by Crippen LogP contribution is 2.51. The zero-order chi connectivity index (χ0) is 16.3. The molecule has 2 atom stereocenters. The average molecular weight is 321 g/mol. The summed E-state index contributed by atoms with van der Waals surface area (Å²) >= 11 is 0. The predicted molar refractivity (Wildman–Crippen MR) is 103 cm³/mol. The van der Waals surface area contributed by atoms with Crippen molar-refractivity contribution in [2.24, 2.45) is 11.7 Å². The number of rotatable bonds is 5. The highest BCUT2D eigenvalue weighted by Gasteiger charge is 2.35. The van der Waals surface area contributed by atoms with Crippen molar-refractivity contribution in [2.45, 2.75) is 25.8 Å². The van der Waals surface area contributed by atoms with Crippen molar-refractivity contribution in [3.05, 3.63) is 84.2 Å². The van der Waals surface area contributed by atoms with Crippen LogP contribution in [0.15, 0.2) is 84.2 Å². The zero-order valence-corrected chi connectivity index (χ0v) is 14.7. The topological polar surface area (TPSA) is 26.0 Å². The molecule has 0 radical (unpaired) electrons. The van der Waals surface area contributed by atoms with Crippen molar-refractivity contribution in [3.63, 3.8) is 0 Å². The van der Waals surface area contributed by atoms with E-state index in [-0.39, 0.29) is 5.54 Å². The maximum absolute atomic E-state index is 6.62. The Hall–Kier alpha value is -1.69. The fourth-order valence-electron chi connectivity index (χ4n) is 3.06. The first-order valence-electron chi connectivity index (χ1n) is 8.21. The number of allylic oxidation sites excluding steroid dienone is 2. The molecule has 0 bridgehead atoms. The summed E-state index contributed by atoms with van der Waals surface area (Å²) in [6.07, 6.45) is 7.71. The van der Waals surface area contributed by atoms with E-state index in [1.807, 2.05) is 0 Å². The normalized spacial score (nSPS) is 19.7. The molecule has 1 aliphatic rings. The fraction of sp³-hybridized carbons (Fsp3) is 0.238. The number of hydrogen-bond acceptors (Lipinski definition) is 1. The molecule has 3 rings (SSSR count). The summed E-state index contributed by atoms with van der Waals surface area (Å²) in [5.74, 6) is 0.305. The van der Waals surface area contributed by atoms with Crippen molar-refractivity contribution in [3.8, 4) is 0 Å². The Kier molecular flexibility index (Phi) is 4.80. The summed E-state index contributed by atoms with van der Waals surface area (Å²) in [7, 11) is -0.543. The minimum atomic E-state index is -0.543. The SMILES string of the molecule is CCC(C)(N)C1C=CC=C1P(c1ccccc1)c1ccccc1. The number of benzene rings is 2. The molecule has 0 heterocycles. The molecule has 2 unspecified atom stereocenters. The van der Waals surface area contributed by atoms with Crippen LogP contribution in [0.1, 0.15) is 20.3 Å². The molecule has 2 aromatic rings. The van der Waals surface area contributed by atoms with Crippen LogP contribution in [0.5, 0.6) is 0 Å². The van der Waals surface area contributed by atoms with Gasteiger partial charge in [-0.05, 0) is 37.2 Å². The van der Waals surface area contributed by atoms with E-state index >= 15 is 0 Å². The molecular weight excluding hydrogens is 297 g/mol. The highest BCUT2D eigenvalue weighted by molar-refractivity contribution is 7.76. The van der Waals surface area contributed by atoms with E-state index < -0.39 is 7.92 Å². The summed E-state index contributed by atoms with van der Waals surface area (Å²) in [5, 5.41) is 4.24. The first kappa shape index (κ1) is 16.2. The standard InChI is InChI=1S/C21H24NP/c1-3-21(2,22)19-15-10-16-20(19)23(17-11-6-4-7-12-17)18-13-8-5-9-14-18/h4-16,19H,3,22H2,1-2H3. The van der Waals surface area contributed by atoms with Gasteiger partial charge in [0.15, 0.2) is 0 Å². The van der Waals surface area contributed by atoms with Gasteiger partial charge in [-0.25, -0.2) is 0 Å². The number of nitrogens with two attached hydrogens (primary N) is 1. The molecular formula is C21H24NP. The number of hydrogen-bond donors (Lipinski definition) is 1. The van der Waals surface area contributed by atoms with Crippen molar-refractivity contribution in [1.82, 2.24) is 0 Å². The molecule has 1 nitrogen and oxygen atoms in total. The molecule has 118 valence electrons. The lowest BCUT2D eigenvalue weighted by molar-refractivity contribution is 0.386. The Morgan fingerprint density at radius 2 is 1.48 bits per heavy atom. The van der Waals surface area contributed by atoms with E-state index in [2.05, 4.69) is 92.7 Å². The molecule has 0 fully saturated rings. The Balaban J connectivity index is 2.07. The van der Waals surface area contributed by atoms with E-state index in [1.165, 1.54) is 15.9 Å². The Labute approximate surface area is 140 Å². The molecule has 2 heteroatoms. The highest BCUT2D eigenvalue weighted by atomic mass is 31.1. The summed E-state index contributed by atoms with van der Waals surface area (Å²) < 4.78 is 0. The van der Waals surface area contributed by atoms with Crippen molar-refractivity contribution in [1.29, 1.82) is 0 Å². The van der Waals surface area contributed by atoms with Crippen LogP contribution in [0.2, 0.25) is 0 Å². The molecule has 0 saturated heterocycles. The summed E-state index contributed by atoms with van der Waals surface area (Å²) in [4.78, 5) is 0. The second-order valence-electron chi connectivity index (χ2n) is 6.32. The molecule has 0 saturated carbocycles. The van der Waals surface area contributed by atoms with E-state index in [0.29, 0.717) is 5.92 Å². The molecule has 0 aliphatic heterocycles. The molecule has 0 amide bonds. The molecule has 2 N–H and O–H groups in total.